The Morgan fingerprint density at radius 2 is 0.342 bits per heavy atom. The Bertz CT molecular complexity index is 2680. The molecule has 0 bridgehead atoms. The highest BCUT2D eigenvalue weighted by atomic mass is 19.4. The maximum atomic E-state index is 16.3. The molecule has 0 amide bonds. The zero-order valence-corrected chi connectivity index (χ0v) is 35.4. The molecule has 2 aromatic heterocycles. The van der Waals surface area contributed by atoms with Crippen molar-refractivity contribution >= 4 is 0 Å². The van der Waals surface area contributed by atoms with Crippen molar-refractivity contribution in [1.82, 2.24) is 9.97 Å². The number of fused-ring (bicyclic) bond motifs is 2. The van der Waals surface area contributed by atoms with E-state index in [1.165, 1.54) is 9.97 Å². The molecule has 6 aromatic rings. The predicted molar refractivity (Wildman–Crippen MR) is 199 cm³/mol. The Balaban J connectivity index is 1.83. The number of H-pyrrole nitrogens is 2. The van der Waals surface area contributed by atoms with E-state index < -0.39 is 258 Å². The van der Waals surface area contributed by atoms with Crippen LogP contribution in [0, 0.1) is 0 Å². The Morgan fingerprint density at radius 3 is 0.447 bits per heavy atom. The van der Waals surface area contributed by atoms with E-state index in [2.05, 4.69) is 0 Å². The molecule has 412 valence electrons. The molecular formula is C44H16F30N2. The molecule has 0 saturated carbocycles. The summed E-state index contributed by atoms with van der Waals surface area (Å²) in [6.45, 7) is 0. The normalized spacial score (nSPS) is 16.6. The molecule has 1 aliphatic carbocycles. The van der Waals surface area contributed by atoms with Crippen LogP contribution < -0.4 is 0 Å². The van der Waals surface area contributed by atoms with Gasteiger partial charge in [0.15, 0.2) is 0 Å². The maximum absolute atomic E-state index is 16.3. The molecule has 76 heavy (non-hydrogen) atoms. The Labute approximate surface area is 399 Å². The van der Waals surface area contributed by atoms with E-state index in [9.17, 15) is 105 Å². The van der Waals surface area contributed by atoms with Gasteiger partial charge >= 0.3 is 61.8 Å². The molecule has 0 saturated heterocycles. The van der Waals surface area contributed by atoms with Crippen molar-refractivity contribution < 1.29 is 132 Å². The summed E-state index contributed by atoms with van der Waals surface area (Å²) in [6, 6.07) is -7.50. The third-order valence-corrected chi connectivity index (χ3v) is 11.5. The molecule has 2 N–H and O–H groups in total. The number of aromatic nitrogens is 2. The van der Waals surface area contributed by atoms with Gasteiger partial charge in [0.25, 0.3) is 0 Å². The molecule has 0 unspecified atom stereocenters. The van der Waals surface area contributed by atoms with Crippen LogP contribution in [0.2, 0.25) is 0 Å². The van der Waals surface area contributed by atoms with Crippen molar-refractivity contribution in [3.8, 4) is 45.0 Å². The summed E-state index contributed by atoms with van der Waals surface area (Å²) in [7, 11) is 0. The second-order valence-electron chi connectivity index (χ2n) is 16.5. The lowest BCUT2D eigenvalue weighted by molar-refractivity contribution is -0.152. The highest BCUT2D eigenvalue weighted by Crippen LogP contribution is 2.64. The second-order valence-corrected chi connectivity index (χ2v) is 16.5. The predicted octanol–water partition coefficient (Wildman–Crippen LogP) is 18.9. The Morgan fingerprint density at radius 1 is 0.211 bits per heavy atom. The lowest BCUT2D eigenvalue weighted by atomic mass is 9.70. The molecule has 2 heterocycles. The summed E-state index contributed by atoms with van der Waals surface area (Å²) in [4.78, 5) is 2.86. The van der Waals surface area contributed by atoms with Gasteiger partial charge in [0.05, 0.1) is 67.3 Å². The molecule has 32 heteroatoms. The van der Waals surface area contributed by atoms with Crippen LogP contribution in [0.1, 0.15) is 78.6 Å². The Kier molecular flexibility index (Phi) is 13.1. The molecule has 0 spiro atoms. The highest BCUT2D eigenvalue weighted by Gasteiger charge is 2.59. The number of hydrogen-bond acceptors (Lipinski definition) is 0. The van der Waals surface area contributed by atoms with Crippen molar-refractivity contribution in [3.05, 3.63) is 140 Å². The topological polar surface area (TPSA) is 31.6 Å². The summed E-state index contributed by atoms with van der Waals surface area (Å²) in [5.41, 5.74) is -47.2. The minimum atomic E-state index is -6.69. The van der Waals surface area contributed by atoms with Crippen LogP contribution in [-0.2, 0) is 49.4 Å². The third-order valence-electron chi connectivity index (χ3n) is 11.5. The SMILES string of the molecule is FC(F)(F)c1cc(-c2[nH]c(-c3cc(C(F)(F)F)cc(C(F)(F)F)c3)c3c2C(C(F)(F)F)c2c(-c4cc(C(F)(F)F)cc(C(F)(F)F)c4)[nH]c(-c4cc(C(F)(F)F)cc(C(F)(F)F)c4)c2C3C(F)(F)F)cc(C(F)(F)F)c1. The molecule has 0 radical (unpaired) electrons. The van der Waals surface area contributed by atoms with E-state index in [4.69, 9.17) is 0 Å². The smallest absolute Gasteiger partial charge is 0.354 e. The van der Waals surface area contributed by atoms with Crippen molar-refractivity contribution in [2.24, 2.45) is 0 Å². The fourth-order valence-electron chi connectivity index (χ4n) is 8.51. The number of aromatic amines is 2. The highest BCUT2D eigenvalue weighted by molar-refractivity contribution is 5.88. The van der Waals surface area contributed by atoms with Gasteiger partial charge in [-0.3, -0.25) is 0 Å². The van der Waals surface area contributed by atoms with E-state index in [1.54, 1.807) is 0 Å². The molecule has 0 atom stereocenters. The van der Waals surface area contributed by atoms with Gasteiger partial charge in [-0.15, -0.1) is 0 Å². The third kappa shape index (κ3) is 10.8. The standard InChI is InChI=1S/C44H16F30N2/c45-35(46,47)17-1-13(2-18(9-17)36(48,49)50)31-25-26(32(75-31)14-3-19(37(51,52)53)10-20(4-14)38(54,55)56)30(44(72,73)74)28-27(29(25)43(69,70)71)33(15-5-21(39(57,58)59)11-22(6-15)40(60,61)62)76-34(28)16-7-23(41(63,64)65)12-24(8-16)42(66,67)68/h1-12,29-30,75-76H. The van der Waals surface area contributed by atoms with E-state index in [-0.39, 0.29) is 0 Å². The van der Waals surface area contributed by atoms with Crippen LogP contribution in [0.15, 0.2) is 72.8 Å². The molecule has 0 aliphatic heterocycles. The van der Waals surface area contributed by atoms with Crippen LogP contribution >= 0.6 is 0 Å². The van der Waals surface area contributed by atoms with Crippen molar-refractivity contribution in [2.45, 2.75) is 73.6 Å². The zero-order chi connectivity index (χ0) is 57.6. The monoisotopic (exact) mass is 1140 g/mol. The zero-order valence-electron chi connectivity index (χ0n) is 35.4. The fraction of sp³-hybridized carbons (Fsp3) is 0.273. The van der Waals surface area contributed by atoms with E-state index in [0.29, 0.717) is 0 Å². The van der Waals surface area contributed by atoms with E-state index in [0.717, 1.165) is 0 Å². The fourth-order valence-corrected chi connectivity index (χ4v) is 8.51. The average Bonchev–Trinajstić information content (AvgIpc) is 3.81. The van der Waals surface area contributed by atoms with Crippen LogP contribution in [0.5, 0.6) is 0 Å². The van der Waals surface area contributed by atoms with Gasteiger partial charge < -0.3 is 9.97 Å². The second kappa shape index (κ2) is 17.4. The summed E-state index contributed by atoms with van der Waals surface area (Å²) in [5, 5.41) is 0. The summed E-state index contributed by atoms with van der Waals surface area (Å²) in [5.74, 6) is -9.02. The van der Waals surface area contributed by atoms with Crippen LogP contribution in [0.3, 0.4) is 0 Å². The maximum Gasteiger partial charge on any atom is 0.416 e. The lowest BCUT2D eigenvalue weighted by Crippen LogP contribution is -2.34. The molecular weight excluding hydrogens is 1130 g/mol. The van der Waals surface area contributed by atoms with Crippen LogP contribution in [0.25, 0.3) is 45.0 Å². The van der Waals surface area contributed by atoms with Crippen molar-refractivity contribution in [3.63, 3.8) is 0 Å². The number of rotatable bonds is 4. The van der Waals surface area contributed by atoms with Gasteiger partial charge in [-0.1, -0.05) is 0 Å². The summed E-state index contributed by atoms with van der Waals surface area (Å²) >= 11 is 0. The van der Waals surface area contributed by atoms with E-state index >= 15 is 26.3 Å². The minimum Gasteiger partial charge on any atom is -0.354 e. The van der Waals surface area contributed by atoms with E-state index in [1.807, 2.05) is 0 Å². The lowest BCUT2D eigenvalue weighted by Gasteiger charge is -2.35. The Hall–Kier alpha value is -6.66. The summed E-state index contributed by atoms with van der Waals surface area (Å²) < 4.78 is 440. The van der Waals surface area contributed by atoms with Gasteiger partial charge in [0.1, 0.15) is 11.8 Å². The number of halogens is 30. The van der Waals surface area contributed by atoms with Crippen molar-refractivity contribution in [2.75, 3.05) is 0 Å². The minimum absolute atomic E-state index is 0.558. The number of alkyl halides is 30. The largest absolute Gasteiger partial charge is 0.416 e. The van der Waals surface area contributed by atoms with Crippen molar-refractivity contribution in [1.29, 1.82) is 0 Å². The van der Waals surface area contributed by atoms with Crippen LogP contribution in [0.4, 0.5) is 132 Å². The van der Waals surface area contributed by atoms with Gasteiger partial charge in [-0.05, 0) is 117 Å². The molecule has 4 aromatic carbocycles. The molecule has 2 nitrogen and oxygen atoms in total. The molecule has 7 rings (SSSR count). The summed E-state index contributed by atoms with van der Waals surface area (Å²) in [6.07, 6.45) is -61.8. The van der Waals surface area contributed by atoms with Gasteiger partial charge in [-0.2, -0.15) is 132 Å². The quantitative estimate of drug-likeness (QED) is 0.165. The molecule has 1 aliphatic rings. The first kappa shape index (κ1) is 57.1. The first-order valence-corrected chi connectivity index (χ1v) is 19.8. The first-order valence-electron chi connectivity index (χ1n) is 19.8. The van der Waals surface area contributed by atoms with Gasteiger partial charge in [0, 0.05) is 0 Å². The molecule has 0 fully saturated rings. The number of benzene rings is 4. The average molecular weight is 1140 g/mol. The van der Waals surface area contributed by atoms with Gasteiger partial charge in [-0.25, -0.2) is 0 Å². The first-order chi connectivity index (χ1) is 34.0. The van der Waals surface area contributed by atoms with Gasteiger partial charge in [0.2, 0.25) is 0 Å². The number of nitrogens with one attached hydrogen (secondary N) is 2. The number of hydrogen-bond donors (Lipinski definition) is 2. The van der Waals surface area contributed by atoms with Crippen LogP contribution in [-0.4, -0.2) is 22.3 Å².